The van der Waals surface area contributed by atoms with Crippen molar-refractivity contribution in [2.45, 2.75) is 38.5 Å². The number of rotatable bonds is 4. The van der Waals surface area contributed by atoms with E-state index in [4.69, 9.17) is 5.73 Å². The molecule has 5 nitrogen and oxygen atoms in total. The molecular formula is C14H19ClN4OS2. The minimum Gasteiger partial charge on any atom is -0.330 e. The van der Waals surface area contributed by atoms with Crippen molar-refractivity contribution in [3.05, 3.63) is 26.7 Å². The molecule has 8 heteroatoms. The zero-order chi connectivity index (χ0) is 14.7. The van der Waals surface area contributed by atoms with Gasteiger partial charge in [0.15, 0.2) is 5.13 Å². The van der Waals surface area contributed by atoms with Crippen LogP contribution in [-0.4, -0.2) is 22.4 Å². The third kappa shape index (κ3) is 4.04. The molecule has 2 aromatic rings. The number of hydrogen-bond donors (Lipinski definition) is 2. The third-order valence-electron chi connectivity index (χ3n) is 3.46. The first kappa shape index (κ1) is 17.3. The first-order valence-electron chi connectivity index (χ1n) is 7.20. The largest absolute Gasteiger partial charge is 0.330 e. The molecule has 0 atom stereocenters. The van der Waals surface area contributed by atoms with Crippen LogP contribution in [0.15, 0.2) is 5.38 Å². The maximum absolute atomic E-state index is 12.2. The topological polar surface area (TPSA) is 80.9 Å². The molecule has 120 valence electrons. The molecule has 0 spiro atoms. The van der Waals surface area contributed by atoms with E-state index in [1.165, 1.54) is 35.5 Å². The lowest BCUT2D eigenvalue weighted by atomic mass is 10.2. The maximum Gasteiger partial charge on any atom is 0.276 e. The summed E-state index contributed by atoms with van der Waals surface area (Å²) in [4.78, 5) is 22.4. The van der Waals surface area contributed by atoms with E-state index in [0.717, 1.165) is 23.5 Å². The van der Waals surface area contributed by atoms with Gasteiger partial charge in [-0.25, -0.2) is 9.97 Å². The number of nitrogens with one attached hydrogen (secondary N) is 1. The highest BCUT2D eigenvalue weighted by molar-refractivity contribution is 7.16. The lowest BCUT2D eigenvalue weighted by Gasteiger charge is -1.98. The van der Waals surface area contributed by atoms with Crippen LogP contribution in [0.4, 0.5) is 5.13 Å². The van der Waals surface area contributed by atoms with Crippen LogP contribution in [0.5, 0.6) is 0 Å². The zero-order valence-corrected chi connectivity index (χ0v) is 14.6. The van der Waals surface area contributed by atoms with E-state index in [1.807, 2.05) is 0 Å². The molecule has 1 amide bonds. The lowest BCUT2D eigenvalue weighted by molar-refractivity contribution is 0.102. The van der Waals surface area contributed by atoms with E-state index >= 15 is 0 Å². The lowest BCUT2D eigenvalue weighted by Crippen LogP contribution is -2.12. The van der Waals surface area contributed by atoms with Crippen LogP contribution in [0.2, 0.25) is 0 Å². The molecule has 0 aliphatic heterocycles. The third-order valence-corrected chi connectivity index (χ3v) is 5.44. The van der Waals surface area contributed by atoms with Gasteiger partial charge in [0.1, 0.15) is 5.69 Å². The first-order valence-corrected chi connectivity index (χ1v) is 8.90. The summed E-state index contributed by atoms with van der Waals surface area (Å²) in [5.74, 6) is -0.182. The van der Waals surface area contributed by atoms with Crippen molar-refractivity contribution in [1.29, 1.82) is 0 Å². The van der Waals surface area contributed by atoms with Crippen LogP contribution in [0.25, 0.3) is 0 Å². The maximum atomic E-state index is 12.2. The molecule has 0 saturated carbocycles. The van der Waals surface area contributed by atoms with Crippen LogP contribution in [-0.2, 0) is 19.3 Å². The van der Waals surface area contributed by atoms with Gasteiger partial charge in [0, 0.05) is 16.7 Å². The molecule has 0 aromatic carbocycles. The van der Waals surface area contributed by atoms with Crippen molar-refractivity contribution in [3.8, 4) is 0 Å². The van der Waals surface area contributed by atoms with E-state index in [1.54, 1.807) is 16.7 Å². The molecule has 3 N–H and O–H groups in total. The molecule has 1 aliphatic carbocycles. The number of fused-ring (bicyclic) bond motifs is 1. The molecule has 1 aliphatic rings. The van der Waals surface area contributed by atoms with Crippen LogP contribution in [0, 0.1) is 0 Å². The number of nitrogens with two attached hydrogens (primary N) is 1. The first-order chi connectivity index (χ1) is 10.3. The molecule has 0 radical (unpaired) electrons. The summed E-state index contributed by atoms with van der Waals surface area (Å²) in [5, 5.41) is 6.24. The van der Waals surface area contributed by atoms with Crippen molar-refractivity contribution in [1.82, 2.24) is 9.97 Å². The van der Waals surface area contributed by atoms with Gasteiger partial charge in [0.05, 0.1) is 10.7 Å². The Bertz CT molecular complexity index is 617. The highest BCUT2D eigenvalue weighted by Gasteiger charge is 2.17. The van der Waals surface area contributed by atoms with Crippen molar-refractivity contribution in [2.75, 3.05) is 11.9 Å². The summed E-state index contributed by atoms with van der Waals surface area (Å²) < 4.78 is 0. The number of aryl methyl sites for hydroxylation is 2. The number of anilines is 1. The predicted octanol–water partition coefficient (Wildman–Crippen LogP) is 3.04. The molecule has 2 aromatic heterocycles. The SMILES string of the molecule is Cl.NCCc1nc(C(=O)Nc2nc3c(s2)CCCCC3)cs1. The van der Waals surface area contributed by atoms with Gasteiger partial charge < -0.3 is 5.73 Å². The zero-order valence-electron chi connectivity index (χ0n) is 12.1. The average molecular weight is 359 g/mol. The van der Waals surface area contributed by atoms with Gasteiger partial charge in [-0.2, -0.15) is 0 Å². The number of nitrogens with zero attached hydrogens (tertiary/aromatic N) is 2. The van der Waals surface area contributed by atoms with Gasteiger partial charge >= 0.3 is 0 Å². The number of hydrogen-bond acceptors (Lipinski definition) is 6. The van der Waals surface area contributed by atoms with E-state index in [-0.39, 0.29) is 18.3 Å². The average Bonchev–Trinajstić information content (AvgIpc) is 3.02. The van der Waals surface area contributed by atoms with Crippen LogP contribution in [0.3, 0.4) is 0 Å². The second kappa shape index (κ2) is 8.01. The molecular weight excluding hydrogens is 340 g/mol. The fourth-order valence-electron chi connectivity index (χ4n) is 2.40. The Morgan fingerprint density at radius 3 is 2.91 bits per heavy atom. The van der Waals surface area contributed by atoms with Crippen molar-refractivity contribution in [3.63, 3.8) is 0 Å². The summed E-state index contributed by atoms with van der Waals surface area (Å²) in [6.07, 6.45) is 6.51. The second-order valence-corrected chi connectivity index (χ2v) is 7.10. The van der Waals surface area contributed by atoms with E-state index in [2.05, 4.69) is 15.3 Å². The van der Waals surface area contributed by atoms with Gasteiger partial charge in [-0.1, -0.05) is 6.42 Å². The van der Waals surface area contributed by atoms with Gasteiger partial charge in [-0.05, 0) is 32.2 Å². The van der Waals surface area contributed by atoms with E-state index in [9.17, 15) is 4.79 Å². The van der Waals surface area contributed by atoms with Crippen molar-refractivity contribution in [2.24, 2.45) is 5.73 Å². The Kier molecular flexibility index (Phi) is 6.31. The van der Waals surface area contributed by atoms with Crippen LogP contribution >= 0.6 is 35.1 Å². The number of halogens is 1. The number of thiazole rings is 2. The molecule has 22 heavy (non-hydrogen) atoms. The van der Waals surface area contributed by atoms with Gasteiger partial charge in [-0.3, -0.25) is 10.1 Å². The Hall–Kier alpha value is -1.02. The molecule has 0 saturated heterocycles. The summed E-state index contributed by atoms with van der Waals surface area (Å²) in [7, 11) is 0. The standard InChI is InChI=1S/C14H18N4OS2.ClH/c15-7-6-12-16-10(8-20-12)13(19)18-14-17-9-4-2-1-3-5-11(9)21-14;/h8H,1-7,15H2,(H,17,18,19);1H. The monoisotopic (exact) mass is 358 g/mol. The fraction of sp³-hybridized carbons (Fsp3) is 0.500. The van der Waals surface area contributed by atoms with Gasteiger partial charge in [0.25, 0.3) is 5.91 Å². The number of carbonyl (C=O) groups excluding carboxylic acids is 1. The Labute approximate surface area is 143 Å². The molecule has 2 heterocycles. The molecule has 3 rings (SSSR count). The Morgan fingerprint density at radius 1 is 1.27 bits per heavy atom. The van der Waals surface area contributed by atoms with Crippen LogP contribution in [0.1, 0.15) is 45.3 Å². The smallest absolute Gasteiger partial charge is 0.276 e. The summed E-state index contributed by atoms with van der Waals surface area (Å²) in [5.41, 5.74) is 7.11. The number of aromatic nitrogens is 2. The van der Waals surface area contributed by atoms with Gasteiger partial charge in [0.2, 0.25) is 0 Å². The number of carbonyl (C=O) groups is 1. The summed E-state index contributed by atoms with van der Waals surface area (Å²) >= 11 is 3.08. The Balaban J connectivity index is 0.00000176. The predicted molar refractivity (Wildman–Crippen MR) is 93.4 cm³/mol. The normalized spacial score (nSPS) is 13.9. The number of amides is 1. The van der Waals surface area contributed by atoms with Crippen molar-refractivity contribution >= 4 is 46.1 Å². The molecule has 0 unspecified atom stereocenters. The highest BCUT2D eigenvalue weighted by atomic mass is 35.5. The molecule has 0 bridgehead atoms. The minimum atomic E-state index is -0.182. The van der Waals surface area contributed by atoms with E-state index in [0.29, 0.717) is 23.8 Å². The molecule has 0 fully saturated rings. The Morgan fingerprint density at radius 2 is 2.09 bits per heavy atom. The minimum absolute atomic E-state index is 0. The summed E-state index contributed by atoms with van der Waals surface area (Å²) in [6, 6.07) is 0. The van der Waals surface area contributed by atoms with Gasteiger partial charge in [-0.15, -0.1) is 35.1 Å². The van der Waals surface area contributed by atoms with E-state index < -0.39 is 0 Å². The van der Waals surface area contributed by atoms with Crippen molar-refractivity contribution < 1.29 is 4.79 Å². The second-order valence-electron chi connectivity index (χ2n) is 5.07. The summed E-state index contributed by atoms with van der Waals surface area (Å²) in [6.45, 7) is 0.549. The highest BCUT2D eigenvalue weighted by Crippen LogP contribution is 2.29. The quantitative estimate of drug-likeness (QED) is 0.823. The fourth-order valence-corrected chi connectivity index (χ4v) is 4.24. The van der Waals surface area contributed by atoms with Crippen LogP contribution < -0.4 is 11.1 Å².